The molecule has 1 aromatic carbocycles. The third-order valence-electron chi connectivity index (χ3n) is 5.17. The van der Waals surface area contributed by atoms with Crippen molar-refractivity contribution in [3.63, 3.8) is 0 Å². The van der Waals surface area contributed by atoms with Crippen molar-refractivity contribution in [2.75, 3.05) is 0 Å². The Morgan fingerprint density at radius 3 is 2.90 bits per heavy atom. The molecule has 0 amide bonds. The molecule has 1 N–H and O–H groups in total. The lowest BCUT2D eigenvalue weighted by Gasteiger charge is -2.20. The monoisotopic (exact) mass is 264 g/mol. The molecule has 0 spiro atoms. The summed E-state index contributed by atoms with van der Waals surface area (Å²) in [6, 6.07) is 7.76. The highest BCUT2D eigenvalue weighted by Gasteiger charge is 2.43. The molecule has 100 valence electrons. The first-order valence-corrected chi connectivity index (χ1v) is 7.32. The van der Waals surface area contributed by atoms with Crippen LogP contribution in [0, 0.1) is 29.1 Å². The Kier molecular flexibility index (Phi) is 2.47. The summed E-state index contributed by atoms with van der Waals surface area (Å²) >= 11 is 0. The standard InChI is InChI=1S/C17H16N2O/c18-8-12-2-1-3-15-16(12)14(9-19-15)17(20)13-7-10-4-5-11(13)6-10/h1-3,9-11,13,19H,4-7H2. The number of aromatic nitrogens is 1. The van der Waals surface area contributed by atoms with E-state index in [1.807, 2.05) is 12.1 Å². The van der Waals surface area contributed by atoms with Crippen LogP contribution in [-0.4, -0.2) is 10.8 Å². The Balaban J connectivity index is 1.79. The summed E-state index contributed by atoms with van der Waals surface area (Å²) in [5, 5.41) is 10.1. The first kappa shape index (κ1) is 11.7. The maximum Gasteiger partial charge on any atom is 0.168 e. The number of hydrogen-bond donors (Lipinski definition) is 1. The molecule has 2 saturated carbocycles. The summed E-state index contributed by atoms with van der Waals surface area (Å²) in [5.41, 5.74) is 2.19. The minimum Gasteiger partial charge on any atom is -0.360 e. The normalized spacial score (nSPS) is 27.9. The van der Waals surface area contributed by atoms with Crippen molar-refractivity contribution < 1.29 is 4.79 Å². The van der Waals surface area contributed by atoms with Crippen LogP contribution in [0.15, 0.2) is 24.4 Å². The Labute approximate surface area is 117 Å². The van der Waals surface area contributed by atoms with Crippen molar-refractivity contribution in [3.8, 4) is 6.07 Å². The molecule has 0 radical (unpaired) electrons. The topological polar surface area (TPSA) is 56.6 Å². The summed E-state index contributed by atoms with van der Waals surface area (Å²) in [6.45, 7) is 0. The molecule has 1 aromatic heterocycles. The number of Topliss-reactive ketones (excluding diaryl/α,β-unsaturated/α-hetero) is 1. The average molecular weight is 264 g/mol. The van der Waals surface area contributed by atoms with Gasteiger partial charge >= 0.3 is 0 Å². The SMILES string of the molecule is N#Cc1cccc2[nH]cc(C(=O)C3CC4CCC3C4)c12. The molecule has 4 rings (SSSR count). The zero-order valence-corrected chi connectivity index (χ0v) is 11.2. The Bertz CT molecular complexity index is 737. The van der Waals surface area contributed by atoms with Gasteiger partial charge in [-0.3, -0.25) is 4.79 Å². The van der Waals surface area contributed by atoms with Gasteiger partial charge in [-0.05, 0) is 43.2 Å². The molecular weight excluding hydrogens is 248 g/mol. The number of aromatic amines is 1. The summed E-state index contributed by atoms with van der Waals surface area (Å²) in [4.78, 5) is 16.0. The molecule has 0 aliphatic heterocycles. The van der Waals surface area contributed by atoms with Crippen LogP contribution in [0.25, 0.3) is 10.9 Å². The average Bonchev–Trinajstić information content (AvgIpc) is 3.20. The maximum absolute atomic E-state index is 12.9. The molecular formula is C17H16N2O. The molecule has 0 saturated heterocycles. The molecule has 3 unspecified atom stereocenters. The molecule has 2 aliphatic carbocycles. The van der Waals surface area contributed by atoms with Gasteiger partial charge in [-0.25, -0.2) is 0 Å². The number of ketones is 1. The minimum atomic E-state index is 0.180. The van der Waals surface area contributed by atoms with Crippen LogP contribution in [0.5, 0.6) is 0 Å². The number of carbonyl (C=O) groups is 1. The lowest BCUT2D eigenvalue weighted by Crippen LogP contribution is -2.20. The molecule has 3 nitrogen and oxygen atoms in total. The van der Waals surface area contributed by atoms with Gasteiger partial charge in [0.25, 0.3) is 0 Å². The smallest absolute Gasteiger partial charge is 0.168 e. The van der Waals surface area contributed by atoms with Crippen molar-refractivity contribution >= 4 is 16.7 Å². The second-order valence-electron chi connectivity index (χ2n) is 6.19. The summed E-state index contributed by atoms with van der Waals surface area (Å²) in [5.74, 6) is 1.76. The van der Waals surface area contributed by atoms with E-state index in [2.05, 4.69) is 11.1 Å². The van der Waals surface area contributed by atoms with Gasteiger partial charge in [0.2, 0.25) is 0 Å². The quantitative estimate of drug-likeness (QED) is 0.841. The van der Waals surface area contributed by atoms with Crippen LogP contribution in [0.2, 0.25) is 0 Å². The summed E-state index contributed by atoms with van der Waals surface area (Å²) < 4.78 is 0. The molecule has 3 atom stereocenters. The van der Waals surface area contributed by atoms with Crippen LogP contribution in [0.1, 0.15) is 41.6 Å². The summed E-state index contributed by atoms with van der Waals surface area (Å²) in [7, 11) is 0. The van der Waals surface area contributed by atoms with E-state index in [1.54, 1.807) is 12.3 Å². The molecule has 2 aromatic rings. The van der Waals surface area contributed by atoms with Crippen LogP contribution < -0.4 is 0 Å². The Morgan fingerprint density at radius 1 is 1.30 bits per heavy atom. The van der Waals surface area contributed by atoms with Gasteiger partial charge in [0.15, 0.2) is 5.78 Å². The number of carbonyl (C=O) groups excluding carboxylic acids is 1. The van der Waals surface area contributed by atoms with Gasteiger partial charge in [0.05, 0.1) is 11.6 Å². The van der Waals surface area contributed by atoms with Crippen molar-refractivity contribution in [2.24, 2.45) is 17.8 Å². The van der Waals surface area contributed by atoms with Gasteiger partial charge in [-0.15, -0.1) is 0 Å². The van der Waals surface area contributed by atoms with E-state index in [-0.39, 0.29) is 11.7 Å². The highest BCUT2D eigenvalue weighted by atomic mass is 16.1. The third-order valence-corrected chi connectivity index (χ3v) is 5.17. The molecule has 2 bridgehead atoms. The number of nitrogens with zero attached hydrogens (tertiary/aromatic N) is 1. The second-order valence-corrected chi connectivity index (χ2v) is 6.19. The Hall–Kier alpha value is -2.08. The van der Waals surface area contributed by atoms with E-state index in [1.165, 1.54) is 19.3 Å². The fourth-order valence-corrected chi connectivity index (χ4v) is 4.24. The van der Waals surface area contributed by atoms with Gasteiger partial charge < -0.3 is 4.98 Å². The molecule has 2 aliphatic rings. The Morgan fingerprint density at radius 2 is 2.20 bits per heavy atom. The van der Waals surface area contributed by atoms with Crippen LogP contribution in [-0.2, 0) is 0 Å². The third kappa shape index (κ3) is 1.54. The predicted octanol–water partition coefficient (Wildman–Crippen LogP) is 3.66. The number of hydrogen-bond acceptors (Lipinski definition) is 2. The highest BCUT2D eigenvalue weighted by molar-refractivity contribution is 6.10. The fourth-order valence-electron chi connectivity index (χ4n) is 4.24. The summed E-state index contributed by atoms with van der Waals surface area (Å²) in [6.07, 6.45) is 6.56. The van der Waals surface area contributed by atoms with E-state index in [0.717, 1.165) is 28.8 Å². The van der Waals surface area contributed by atoms with Crippen molar-refractivity contribution in [1.29, 1.82) is 5.26 Å². The van der Waals surface area contributed by atoms with Crippen LogP contribution in [0.3, 0.4) is 0 Å². The largest absolute Gasteiger partial charge is 0.360 e. The zero-order chi connectivity index (χ0) is 13.7. The molecule has 2 fully saturated rings. The van der Waals surface area contributed by atoms with Crippen molar-refractivity contribution in [2.45, 2.75) is 25.7 Å². The number of nitriles is 1. The van der Waals surface area contributed by atoms with Gasteiger partial charge in [0.1, 0.15) is 0 Å². The molecule has 3 heteroatoms. The predicted molar refractivity (Wildman–Crippen MR) is 76.3 cm³/mol. The lowest BCUT2D eigenvalue weighted by atomic mass is 9.83. The number of benzene rings is 1. The number of fused-ring (bicyclic) bond motifs is 3. The lowest BCUT2D eigenvalue weighted by molar-refractivity contribution is 0.0876. The molecule has 20 heavy (non-hydrogen) atoms. The number of rotatable bonds is 2. The van der Waals surface area contributed by atoms with E-state index in [0.29, 0.717) is 11.5 Å². The van der Waals surface area contributed by atoms with Crippen LogP contribution >= 0.6 is 0 Å². The van der Waals surface area contributed by atoms with Crippen molar-refractivity contribution in [3.05, 3.63) is 35.5 Å². The minimum absolute atomic E-state index is 0.180. The maximum atomic E-state index is 12.9. The van der Waals surface area contributed by atoms with E-state index >= 15 is 0 Å². The van der Waals surface area contributed by atoms with Gasteiger partial charge in [-0.2, -0.15) is 5.26 Å². The first-order valence-electron chi connectivity index (χ1n) is 7.32. The number of nitrogens with one attached hydrogen (secondary N) is 1. The van der Waals surface area contributed by atoms with E-state index in [9.17, 15) is 10.1 Å². The van der Waals surface area contributed by atoms with E-state index < -0.39 is 0 Å². The van der Waals surface area contributed by atoms with E-state index in [4.69, 9.17) is 0 Å². The molecule has 1 heterocycles. The second kappa shape index (κ2) is 4.21. The van der Waals surface area contributed by atoms with Crippen molar-refractivity contribution in [1.82, 2.24) is 4.98 Å². The zero-order valence-electron chi connectivity index (χ0n) is 11.2. The van der Waals surface area contributed by atoms with Gasteiger partial charge in [-0.1, -0.05) is 12.5 Å². The van der Waals surface area contributed by atoms with Crippen LogP contribution in [0.4, 0.5) is 0 Å². The first-order chi connectivity index (χ1) is 9.78. The highest BCUT2D eigenvalue weighted by Crippen LogP contribution is 2.49. The fraction of sp³-hybridized carbons (Fsp3) is 0.412. The van der Waals surface area contributed by atoms with Gasteiger partial charge in [0, 0.05) is 28.6 Å². The number of H-pyrrole nitrogens is 1.